The summed E-state index contributed by atoms with van der Waals surface area (Å²) in [7, 11) is 0. The van der Waals surface area contributed by atoms with Gasteiger partial charge >= 0.3 is 0 Å². The molecule has 1 aromatic carbocycles. The van der Waals surface area contributed by atoms with Gasteiger partial charge in [0.25, 0.3) is 5.91 Å². The maximum Gasteiger partial charge on any atom is 0.254 e. The second-order valence-corrected chi connectivity index (χ2v) is 6.16. The third-order valence-electron chi connectivity index (χ3n) is 4.31. The fourth-order valence-electron chi connectivity index (χ4n) is 2.98. The molecule has 5 heteroatoms. The summed E-state index contributed by atoms with van der Waals surface area (Å²) >= 11 is 0. The minimum atomic E-state index is -0.0119. The Morgan fingerprint density at radius 1 is 0.923 bits per heavy atom. The lowest BCUT2D eigenvalue weighted by atomic mass is 10.1. The Labute approximate surface area is 151 Å². The molecule has 4 rings (SSSR count). The molecule has 0 aliphatic heterocycles. The van der Waals surface area contributed by atoms with Gasteiger partial charge in [-0.05, 0) is 52.9 Å². The van der Waals surface area contributed by atoms with E-state index in [1.54, 1.807) is 24.8 Å². The molecule has 0 aliphatic rings. The summed E-state index contributed by atoms with van der Waals surface area (Å²) in [6, 6.07) is 15.5. The van der Waals surface area contributed by atoms with Crippen molar-refractivity contribution in [2.24, 2.45) is 0 Å². The monoisotopic (exact) mass is 342 g/mol. The van der Waals surface area contributed by atoms with Crippen LogP contribution in [0.3, 0.4) is 0 Å². The summed E-state index contributed by atoms with van der Waals surface area (Å²) in [5.74, 6) is -0.0119. The Balaban J connectivity index is 1.65. The average molecular weight is 342 g/mol. The number of rotatable bonds is 5. The highest BCUT2D eigenvalue weighted by atomic mass is 16.2. The van der Waals surface area contributed by atoms with Crippen molar-refractivity contribution in [1.82, 2.24) is 19.9 Å². The average Bonchev–Trinajstić information content (AvgIpc) is 3.16. The first-order chi connectivity index (χ1) is 12.8. The quantitative estimate of drug-likeness (QED) is 0.600. The normalized spacial score (nSPS) is 10.8. The van der Waals surface area contributed by atoms with Gasteiger partial charge < -0.3 is 9.88 Å². The van der Waals surface area contributed by atoms with Crippen LogP contribution in [-0.4, -0.2) is 25.8 Å². The first kappa shape index (κ1) is 16.0. The van der Waals surface area contributed by atoms with Crippen LogP contribution >= 0.6 is 0 Å². The molecule has 0 bridgehead atoms. The van der Waals surface area contributed by atoms with Crippen LogP contribution in [-0.2, 0) is 13.1 Å². The van der Waals surface area contributed by atoms with Crippen molar-refractivity contribution in [2.45, 2.75) is 13.1 Å². The molecule has 0 unspecified atom stereocenters. The van der Waals surface area contributed by atoms with Crippen molar-refractivity contribution < 1.29 is 4.79 Å². The molecule has 26 heavy (non-hydrogen) atoms. The van der Waals surface area contributed by atoms with Gasteiger partial charge in [0.2, 0.25) is 0 Å². The topological polar surface area (TPSA) is 61.9 Å². The van der Waals surface area contributed by atoms with Crippen LogP contribution < -0.4 is 0 Å². The van der Waals surface area contributed by atoms with Crippen LogP contribution in [0.1, 0.15) is 21.5 Å². The lowest BCUT2D eigenvalue weighted by Gasteiger charge is -2.23. The third-order valence-corrected chi connectivity index (χ3v) is 4.31. The lowest BCUT2D eigenvalue weighted by molar-refractivity contribution is 0.0730. The minimum Gasteiger partial charge on any atom is -0.361 e. The van der Waals surface area contributed by atoms with Gasteiger partial charge in [-0.25, -0.2) is 0 Å². The minimum absolute atomic E-state index is 0.0119. The van der Waals surface area contributed by atoms with Crippen LogP contribution in [0.25, 0.3) is 10.9 Å². The van der Waals surface area contributed by atoms with Gasteiger partial charge in [-0.3, -0.25) is 14.8 Å². The molecule has 0 atom stereocenters. The van der Waals surface area contributed by atoms with E-state index in [1.165, 1.54) is 0 Å². The van der Waals surface area contributed by atoms with Gasteiger partial charge in [-0.1, -0.05) is 12.1 Å². The van der Waals surface area contributed by atoms with Gasteiger partial charge in [0.1, 0.15) is 0 Å². The molecule has 0 radical (unpaired) electrons. The summed E-state index contributed by atoms with van der Waals surface area (Å²) in [4.78, 5) is 26.4. The molecule has 128 valence electrons. The maximum atomic E-state index is 13.2. The number of pyridine rings is 2. The second kappa shape index (κ2) is 7.19. The van der Waals surface area contributed by atoms with Crippen molar-refractivity contribution in [1.29, 1.82) is 0 Å². The fraction of sp³-hybridized carbons (Fsp3) is 0.0952. The van der Waals surface area contributed by atoms with E-state index >= 15 is 0 Å². The number of hydrogen-bond acceptors (Lipinski definition) is 3. The van der Waals surface area contributed by atoms with Gasteiger partial charge in [-0.2, -0.15) is 0 Å². The Hall–Kier alpha value is -3.47. The first-order valence-corrected chi connectivity index (χ1v) is 8.44. The molecule has 1 N–H and O–H groups in total. The molecule has 0 fully saturated rings. The summed E-state index contributed by atoms with van der Waals surface area (Å²) in [5, 5.41) is 1.09. The number of aromatic amines is 1. The number of fused-ring (bicyclic) bond motifs is 1. The number of carbonyl (C=O) groups is 1. The van der Waals surface area contributed by atoms with Gasteiger partial charge in [0.05, 0.1) is 0 Å². The molecular weight excluding hydrogens is 324 g/mol. The van der Waals surface area contributed by atoms with Crippen LogP contribution in [0.2, 0.25) is 0 Å². The van der Waals surface area contributed by atoms with Crippen molar-refractivity contribution in [3.05, 3.63) is 96.2 Å². The van der Waals surface area contributed by atoms with Crippen LogP contribution in [0, 0.1) is 0 Å². The summed E-state index contributed by atoms with van der Waals surface area (Å²) < 4.78 is 0. The van der Waals surface area contributed by atoms with Crippen molar-refractivity contribution in [3.63, 3.8) is 0 Å². The summed E-state index contributed by atoms with van der Waals surface area (Å²) in [5.41, 5.74) is 3.66. The third kappa shape index (κ3) is 3.47. The maximum absolute atomic E-state index is 13.2. The molecule has 3 aromatic heterocycles. The molecule has 4 aromatic rings. The van der Waals surface area contributed by atoms with Gasteiger partial charge in [0, 0.05) is 55.2 Å². The number of aromatic nitrogens is 3. The van der Waals surface area contributed by atoms with E-state index in [1.807, 2.05) is 59.6 Å². The molecule has 0 aliphatic carbocycles. The van der Waals surface area contributed by atoms with E-state index in [9.17, 15) is 4.79 Å². The molecule has 1 amide bonds. The predicted octanol–water partition coefficient (Wildman–Crippen LogP) is 3.80. The number of hydrogen-bond donors (Lipinski definition) is 1. The molecule has 0 saturated heterocycles. The van der Waals surface area contributed by atoms with E-state index in [-0.39, 0.29) is 5.91 Å². The Kier molecular flexibility index (Phi) is 4.43. The number of H-pyrrole nitrogens is 1. The molecule has 0 saturated carbocycles. The smallest absolute Gasteiger partial charge is 0.254 e. The van der Waals surface area contributed by atoms with Crippen molar-refractivity contribution >= 4 is 16.8 Å². The second-order valence-electron chi connectivity index (χ2n) is 6.16. The summed E-state index contributed by atoms with van der Waals surface area (Å²) in [6.45, 7) is 1.01. The number of carbonyl (C=O) groups excluding carboxylic acids is 1. The molecule has 5 nitrogen and oxygen atoms in total. The zero-order valence-corrected chi connectivity index (χ0v) is 14.2. The zero-order chi connectivity index (χ0) is 17.8. The highest BCUT2D eigenvalue weighted by molar-refractivity contribution is 5.97. The molecular formula is C21H18N4O. The Morgan fingerprint density at radius 3 is 2.58 bits per heavy atom. The van der Waals surface area contributed by atoms with Crippen LogP contribution in [0.15, 0.2) is 79.5 Å². The van der Waals surface area contributed by atoms with Gasteiger partial charge in [-0.15, -0.1) is 0 Å². The summed E-state index contributed by atoms with van der Waals surface area (Å²) in [6.07, 6.45) is 8.89. The molecule has 3 heterocycles. The van der Waals surface area contributed by atoms with Crippen molar-refractivity contribution in [2.75, 3.05) is 0 Å². The molecule has 0 spiro atoms. The number of nitrogens with zero attached hydrogens (tertiary/aromatic N) is 3. The zero-order valence-electron chi connectivity index (χ0n) is 14.2. The Morgan fingerprint density at radius 2 is 1.77 bits per heavy atom. The van der Waals surface area contributed by atoms with E-state index in [2.05, 4.69) is 15.0 Å². The predicted molar refractivity (Wildman–Crippen MR) is 100 cm³/mol. The standard InChI is InChI=1S/C21H18N4O/c26-21(19-4-3-18-7-11-24-20(18)12-19)25(14-16-5-9-22-10-6-16)15-17-2-1-8-23-13-17/h1-13,24H,14-15H2. The Bertz CT molecular complexity index is 970. The number of amides is 1. The van der Waals surface area contributed by atoms with E-state index in [4.69, 9.17) is 0 Å². The van der Waals surface area contributed by atoms with E-state index < -0.39 is 0 Å². The fourth-order valence-corrected chi connectivity index (χ4v) is 2.98. The number of nitrogens with one attached hydrogen (secondary N) is 1. The van der Waals surface area contributed by atoms with Crippen molar-refractivity contribution in [3.8, 4) is 0 Å². The SMILES string of the molecule is O=C(c1ccc2cc[nH]c2c1)N(Cc1ccncc1)Cc1cccnc1. The number of benzene rings is 1. The highest BCUT2D eigenvalue weighted by Gasteiger charge is 2.17. The van der Waals surface area contributed by atoms with Crippen LogP contribution in [0.4, 0.5) is 0 Å². The highest BCUT2D eigenvalue weighted by Crippen LogP contribution is 2.18. The first-order valence-electron chi connectivity index (χ1n) is 8.44. The van der Waals surface area contributed by atoms with E-state index in [0.717, 1.165) is 22.0 Å². The largest absolute Gasteiger partial charge is 0.361 e. The van der Waals surface area contributed by atoms with Crippen LogP contribution in [0.5, 0.6) is 0 Å². The lowest BCUT2D eigenvalue weighted by Crippen LogP contribution is -2.30. The van der Waals surface area contributed by atoms with E-state index in [0.29, 0.717) is 18.7 Å². The van der Waals surface area contributed by atoms with Gasteiger partial charge in [0.15, 0.2) is 0 Å².